The van der Waals surface area contributed by atoms with Gasteiger partial charge in [-0.25, -0.2) is 0 Å². The molecule has 0 aliphatic carbocycles. The van der Waals surface area contributed by atoms with Crippen LogP contribution in [-0.4, -0.2) is 17.3 Å². The van der Waals surface area contributed by atoms with Gasteiger partial charge in [-0.15, -0.1) is 0 Å². The Bertz CT molecular complexity index is 1160. The van der Waals surface area contributed by atoms with E-state index in [1.165, 1.54) is 0 Å². The minimum Gasteiger partial charge on any atom is -0.486 e. The average Bonchev–Trinajstić information content (AvgIpc) is 3.02. The van der Waals surface area contributed by atoms with E-state index in [2.05, 4.69) is 5.32 Å². The zero-order valence-corrected chi connectivity index (χ0v) is 17.6. The van der Waals surface area contributed by atoms with E-state index in [0.717, 1.165) is 12.0 Å². The van der Waals surface area contributed by atoms with Gasteiger partial charge in [0.1, 0.15) is 16.9 Å². The molecule has 2 heterocycles. The Balaban J connectivity index is 1.77. The second-order valence-corrected chi connectivity index (χ2v) is 8.15. The summed E-state index contributed by atoms with van der Waals surface area (Å²) in [5, 5.41) is 4.06. The van der Waals surface area contributed by atoms with Gasteiger partial charge in [-0.05, 0) is 57.0 Å². The van der Waals surface area contributed by atoms with Crippen LogP contribution in [-0.2, 0) is 0 Å². The number of furan rings is 1. The van der Waals surface area contributed by atoms with Crippen molar-refractivity contribution in [2.75, 3.05) is 5.32 Å². The third-order valence-electron chi connectivity index (χ3n) is 5.70. The van der Waals surface area contributed by atoms with E-state index in [4.69, 9.17) is 20.8 Å². The van der Waals surface area contributed by atoms with Crippen molar-refractivity contribution >= 4 is 39.9 Å². The molecule has 1 aliphatic heterocycles. The number of benzene rings is 2. The number of ether oxygens (including phenoxy) is 1. The number of amides is 1. The van der Waals surface area contributed by atoms with Crippen molar-refractivity contribution in [2.24, 2.45) is 0 Å². The van der Waals surface area contributed by atoms with Crippen LogP contribution >= 0.6 is 11.6 Å². The van der Waals surface area contributed by atoms with Gasteiger partial charge in [0.15, 0.2) is 11.5 Å². The number of carbonyl (C=O) groups is 2. The monoisotopic (exact) mass is 411 g/mol. The fourth-order valence-electron chi connectivity index (χ4n) is 3.75. The second-order valence-electron chi connectivity index (χ2n) is 7.74. The molecule has 150 valence electrons. The predicted octanol–water partition coefficient (Wildman–Crippen LogP) is 6.09. The van der Waals surface area contributed by atoms with Crippen molar-refractivity contribution in [1.29, 1.82) is 0 Å². The van der Waals surface area contributed by atoms with Crippen molar-refractivity contribution in [1.82, 2.24) is 0 Å². The summed E-state index contributed by atoms with van der Waals surface area (Å²) in [5.74, 6) is 0.326. The first-order valence-electron chi connectivity index (χ1n) is 9.59. The lowest BCUT2D eigenvalue weighted by atomic mass is 9.87. The van der Waals surface area contributed by atoms with Crippen molar-refractivity contribution < 1.29 is 18.7 Å². The molecule has 0 fully saturated rings. The molecule has 4 rings (SSSR count). The van der Waals surface area contributed by atoms with Crippen LogP contribution in [0.15, 0.2) is 34.7 Å². The van der Waals surface area contributed by atoms with E-state index < -0.39 is 5.60 Å². The largest absolute Gasteiger partial charge is 0.486 e. The van der Waals surface area contributed by atoms with E-state index in [0.29, 0.717) is 45.0 Å². The molecule has 1 aromatic heterocycles. The summed E-state index contributed by atoms with van der Waals surface area (Å²) in [7, 11) is 0. The van der Waals surface area contributed by atoms with Crippen molar-refractivity contribution in [3.05, 3.63) is 57.8 Å². The number of rotatable bonds is 3. The van der Waals surface area contributed by atoms with Gasteiger partial charge >= 0.3 is 0 Å². The first kappa shape index (κ1) is 19.5. The SMILES string of the molecule is CC[C@@]1(C)CC(=O)c2c(ccc3oc(C(=O)Nc4cccc(Cl)c4C)c(C)c23)O1. The molecule has 0 bridgehead atoms. The third-order valence-corrected chi connectivity index (χ3v) is 6.11. The maximum atomic E-state index is 12.9. The topological polar surface area (TPSA) is 68.5 Å². The number of ketones is 1. The normalized spacial score (nSPS) is 18.4. The minimum atomic E-state index is -0.514. The summed E-state index contributed by atoms with van der Waals surface area (Å²) in [6, 6.07) is 8.81. The molecule has 0 saturated carbocycles. The van der Waals surface area contributed by atoms with Gasteiger partial charge in [-0.2, -0.15) is 0 Å². The Morgan fingerprint density at radius 3 is 2.69 bits per heavy atom. The number of anilines is 1. The molecule has 0 unspecified atom stereocenters. The van der Waals surface area contributed by atoms with Gasteiger partial charge in [-0.1, -0.05) is 24.6 Å². The molecule has 1 atom stereocenters. The van der Waals surface area contributed by atoms with Gasteiger partial charge in [0.2, 0.25) is 0 Å². The van der Waals surface area contributed by atoms with Crippen LogP contribution in [0.1, 0.15) is 58.7 Å². The highest BCUT2D eigenvalue weighted by Crippen LogP contribution is 2.41. The quantitative estimate of drug-likeness (QED) is 0.566. The summed E-state index contributed by atoms with van der Waals surface area (Å²) in [6.07, 6.45) is 1.02. The van der Waals surface area contributed by atoms with Crippen LogP contribution in [0.5, 0.6) is 5.75 Å². The zero-order chi connectivity index (χ0) is 20.9. The molecule has 5 nitrogen and oxygen atoms in total. The third kappa shape index (κ3) is 3.19. The van der Waals surface area contributed by atoms with Gasteiger partial charge in [0.05, 0.1) is 12.0 Å². The van der Waals surface area contributed by atoms with E-state index >= 15 is 0 Å². The van der Waals surface area contributed by atoms with E-state index in [1.54, 1.807) is 37.3 Å². The molecule has 1 N–H and O–H groups in total. The number of aryl methyl sites for hydroxylation is 1. The molecule has 0 saturated heterocycles. The Morgan fingerprint density at radius 2 is 1.97 bits per heavy atom. The summed E-state index contributed by atoms with van der Waals surface area (Å²) < 4.78 is 12.0. The first-order valence-corrected chi connectivity index (χ1v) is 9.96. The van der Waals surface area contributed by atoms with Crippen LogP contribution in [0.3, 0.4) is 0 Å². The van der Waals surface area contributed by atoms with Gasteiger partial charge in [0.25, 0.3) is 5.91 Å². The lowest BCUT2D eigenvalue weighted by Gasteiger charge is -2.34. The Kier molecular flexibility index (Phi) is 4.66. The smallest absolute Gasteiger partial charge is 0.291 e. The average molecular weight is 412 g/mol. The fourth-order valence-corrected chi connectivity index (χ4v) is 3.92. The second kappa shape index (κ2) is 6.92. The van der Waals surface area contributed by atoms with E-state index in [1.807, 2.05) is 20.8 Å². The van der Waals surface area contributed by atoms with Crippen molar-refractivity contribution in [3.8, 4) is 5.75 Å². The number of nitrogens with one attached hydrogen (secondary N) is 1. The molecule has 2 aromatic carbocycles. The molecule has 6 heteroatoms. The Hall–Kier alpha value is -2.79. The maximum absolute atomic E-state index is 12.9. The summed E-state index contributed by atoms with van der Waals surface area (Å²) in [4.78, 5) is 25.8. The van der Waals surface area contributed by atoms with Gasteiger partial charge in [0, 0.05) is 21.7 Å². The highest BCUT2D eigenvalue weighted by molar-refractivity contribution is 6.31. The molecule has 1 amide bonds. The fraction of sp³-hybridized carbons (Fsp3) is 0.304. The molecular weight excluding hydrogens is 390 g/mol. The number of carbonyl (C=O) groups excluding carboxylic acids is 2. The molecule has 29 heavy (non-hydrogen) atoms. The zero-order valence-electron chi connectivity index (χ0n) is 16.8. The number of Topliss-reactive ketones (excluding diaryl/α,β-unsaturated/α-hetero) is 1. The van der Waals surface area contributed by atoms with E-state index in [9.17, 15) is 9.59 Å². The van der Waals surface area contributed by atoms with Crippen LogP contribution < -0.4 is 10.1 Å². The molecule has 0 radical (unpaired) electrons. The predicted molar refractivity (Wildman–Crippen MR) is 113 cm³/mol. The van der Waals surface area contributed by atoms with Crippen molar-refractivity contribution in [3.63, 3.8) is 0 Å². The van der Waals surface area contributed by atoms with Crippen LogP contribution in [0.25, 0.3) is 11.0 Å². The summed E-state index contributed by atoms with van der Waals surface area (Å²) >= 11 is 6.14. The molecule has 0 spiro atoms. The lowest BCUT2D eigenvalue weighted by molar-refractivity contribution is 0.0503. The summed E-state index contributed by atoms with van der Waals surface area (Å²) in [6.45, 7) is 7.56. The molecular formula is C23H22ClNO4. The molecule has 1 aliphatic rings. The van der Waals surface area contributed by atoms with Gasteiger partial charge in [-0.3, -0.25) is 9.59 Å². The standard InChI is InChI=1S/C23H22ClNO4/c1-5-23(4)11-16(26)20-18(29-23)10-9-17-19(20)13(3)21(28-17)22(27)25-15-8-6-7-14(24)12(15)2/h6-10H,5,11H2,1-4H3,(H,25,27)/t23-/m0/s1. The number of fused-ring (bicyclic) bond motifs is 3. The Morgan fingerprint density at radius 1 is 1.21 bits per heavy atom. The highest BCUT2D eigenvalue weighted by Gasteiger charge is 2.37. The molecule has 3 aromatic rings. The summed E-state index contributed by atoms with van der Waals surface area (Å²) in [5.41, 5.74) is 2.48. The highest BCUT2D eigenvalue weighted by atomic mass is 35.5. The maximum Gasteiger partial charge on any atom is 0.291 e. The van der Waals surface area contributed by atoms with Crippen molar-refractivity contribution in [2.45, 2.75) is 46.1 Å². The van der Waals surface area contributed by atoms with Crippen LogP contribution in [0.4, 0.5) is 5.69 Å². The first-order chi connectivity index (χ1) is 13.7. The lowest BCUT2D eigenvalue weighted by Crippen LogP contribution is -2.38. The Labute approximate surface area is 174 Å². The van der Waals surface area contributed by atoms with Crippen LogP contribution in [0, 0.1) is 13.8 Å². The number of halogens is 1. The number of hydrogen-bond acceptors (Lipinski definition) is 4. The van der Waals surface area contributed by atoms with Crippen LogP contribution in [0.2, 0.25) is 5.02 Å². The number of hydrogen-bond donors (Lipinski definition) is 1. The van der Waals surface area contributed by atoms with E-state index in [-0.39, 0.29) is 17.5 Å². The van der Waals surface area contributed by atoms with Gasteiger partial charge < -0.3 is 14.5 Å². The minimum absolute atomic E-state index is 0.00254.